The molecule has 0 aliphatic rings. The number of ether oxygens (including phenoxy) is 2. The topological polar surface area (TPSA) is 35.5 Å². The van der Waals surface area contributed by atoms with Gasteiger partial charge in [-0.1, -0.05) is 63.3 Å². The fourth-order valence-electron chi connectivity index (χ4n) is 3.90. The molecule has 0 unspecified atom stereocenters. The zero-order valence-electron chi connectivity index (χ0n) is 23.3. The highest BCUT2D eigenvalue weighted by Gasteiger charge is 2.87. The normalized spacial score (nSPS) is 13.3. The van der Waals surface area contributed by atoms with E-state index < -0.39 is 55.0 Å². The van der Waals surface area contributed by atoms with Gasteiger partial charge in [0.2, 0.25) is 0 Å². The molecule has 0 saturated carbocycles. The second kappa shape index (κ2) is 14.8. The quantitative estimate of drug-likeness (QED) is 0.0912. The number of esters is 1. The highest BCUT2D eigenvalue weighted by molar-refractivity contribution is 5.90. The Bertz CT molecular complexity index is 1180. The largest absolute Gasteiger partial charge is 0.494 e. The highest BCUT2D eigenvalue weighted by atomic mass is 19.4. The number of unbranched alkanes of at least 4 members (excludes halogenated alkanes) is 5. The molecule has 248 valence electrons. The van der Waals surface area contributed by atoms with E-state index >= 15 is 0 Å². The molecule has 0 amide bonds. The van der Waals surface area contributed by atoms with Crippen LogP contribution in [-0.4, -0.2) is 55.2 Å². The van der Waals surface area contributed by atoms with Gasteiger partial charge in [0.05, 0.1) is 25.2 Å². The zero-order valence-corrected chi connectivity index (χ0v) is 23.3. The van der Waals surface area contributed by atoms with Crippen LogP contribution in [0.2, 0.25) is 0 Å². The van der Waals surface area contributed by atoms with E-state index in [4.69, 9.17) is 4.74 Å². The molecular formula is C29H30F12O3. The van der Waals surface area contributed by atoms with Crippen molar-refractivity contribution in [3.8, 4) is 16.9 Å². The van der Waals surface area contributed by atoms with Gasteiger partial charge in [-0.2, -0.15) is 43.9 Å². The summed E-state index contributed by atoms with van der Waals surface area (Å²) in [6, 6.07) is 12.0. The Labute approximate surface area is 245 Å². The van der Waals surface area contributed by atoms with Crippen molar-refractivity contribution >= 4 is 5.97 Å². The van der Waals surface area contributed by atoms with Crippen LogP contribution >= 0.6 is 0 Å². The number of alkyl halides is 12. The van der Waals surface area contributed by atoms with Crippen LogP contribution in [0, 0.1) is 0 Å². The Morgan fingerprint density at radius 1 is 0.659 bits per heavy atom. The molecule has 0 radical (unpaired) electrons. The summed E-state index contributed by atoms with van der Waals surface area (Å²) in [7, 11) is 0. The molecule has 0 heterocycles. The van der Waals surface area contributed by atoms with Crippen LogP contribution in [0.5, 0.6) is 5.75 Å². The fourth-order valence-corrected chi connectivity index (χ4v) is 3.90. The Hall–Kier alpha value is -3.13. The van der Waals surface area contributed by atoms with Crippen molar-refractivity contribution in [2.75, 3.05) is 13.2 Å². The van der Waals surface area contributed by atoms with Gasteiger partial charge in [-0.05, 0) is 41.8 Å². The first-order chi connectivity index (χ1) is 20.3. The van der Waals surface area contributed by atoms with Crippen LogP contribution in [0.1, 0.15) is 62.2 Å². The van der Waals surface area contributed by atoms with Crippen molar-refractivity contribution in [1.29, 1.82) is 0 Å². The van der Waals surface area contributed by atoms with Gasteiger partial charge in [0.1, 0.15) is 5.75 Å². The molecule has 0 aromatic heterocycles. The van der Waals surface area contributed by atoms with Crippen LogP contribution in [0.4, 0.5) is 52.7 Å². The second-order valence-electron chi connectivity index (χ2n) is 9.96. The van der Waals surface area contributed by atoms with Gasteiger partial charge < -0.3 is 9.47 Å². The molecule has 0 aliphatic carbocycles. The molecule has 0 spiro atoms. The first-order valence-electron chi connectivity index (χ1n) is 13.5. The minimum absolute atomic E-state index is 0.295. The molecular weight excluding hydrogens is 624 g/mol. The highest BCUT2D eigenvalue weighted by Crippen LogP contribution is 2.58. The molecule has 2 aromatic carbocycles. The predicted octanol–water partition coefficient (Wildman–Crippen LogP) is 10.1. The van der Waals surface area contributed by atoms with Crippen molar-refractivity contribution in [1.82, 2.24) is 0 Å². The minimum atomic E-state index is -7.62. The number of carbonyl (C=O) groups excluding carboxylic acids is 1. The van der Waals surface area contributed by atoms with E-state index in [1.807, 2.05) is 0 Å². The number of rotatable bonds is 18. The maximum Gasteiger partial charge on any atom is 0.384 e. The Kier molecular flexibility index (Phi) is 12.4. The van der Waals surface area contributed by atoms with Gasteiger partial charge in [-0.3, -0.25) is 0 Å². The summed E-state index contributed by atoms with van der Waals surface area (Å²) in [6.07, 6.45) is -1.46. The van der Waals surface area contributed by atoms with Crippen molar-refractivity contribution in [3.63, 3.8) is 0 Å². The molecule has 0 saturated heterocycles. The zero-order chi connectivity index (χ0) is 33.4. The van der Waals surface area contributed by atoms with E-state index in [2.05, 4.69) is 11.7 Å². The van der Waals surface area contributed by atoms with Gasteiger partial charge in [-0.25, -0.2) is 13.6 Å². The van der Waals surface area contributed by atoms with Crippen molar-refractivity contribution in [2.24, 2.45) is 0 Å². The number of benzene rings is 2. The molecule has 44 heavy (non-hydrogen) atoms. The van der Waals surface area contributed by atoms with E-state index in [1.54, 1.807) is 24.3 Å². The van der Waals surface area contributed by atoms with E-state index in [-0.39, 0.29) is 5.56 Å². The van der Waals surface area contributed by atoms with Crippen molar-refractivity contribution in [2.45, 2.75) is 87.9 Å². The standard InChI is InChI=1S/C29H30F12O3/c1-2-3-4-5-6-7-17-43-22-14-12-20(13-15-22)19-8-10-21(11-9-19)23(42)44-18-16-25(32,33)27(36,37)29(40,41)28(38,39)26(34,35)24(30)31/h8-15,24H,2-7,16-18H2,1H3. The van der Waals surface area contributed by atoms with Gasteiger partial charge in [0.15, 0.2) is 0 Å². The Morgan fingerprint density at radius 2 is 1.16 bits per heavy atom. The average molecular weight is 655 g/mol. The predicted molar refractivity (Wildman–Crippen MR) is 136 cm³/mol. The third-order valence-corrected chi connectivity index (χ3v) is 6.66. The number of halogens is 12. The molecule has 0 aliphatic heterocycles. The van der Waals surface area contributed by atoms with Gasteiger partial charge in [0, 0.05) is 0 Å². The molecule has 0 fully saturated rings. The lowest BCUT2D eigenvalue weighted by atomic mass is 9.93. The van der Waals surface area contributed by atoms with E-state index in [1.165, 1.54) is 25.0 Å². The summed E-state index contributed by atoms with van der Waals surface area (Å²) in [4.78, 5) is 12.1. The summed E-state index contributed by atoms with van der Waals surface area (Å²) in [5, 5.41) is 0. The van der Waals surface area contributed by atoms with Crippen molar-refractivity contribution in [3.05, 3.63) is 54.1 Å². The van der Waals surface area contributed by atoms with E-state index in [0.29, 0.717) is 23.5 Å². The fraction of sp³-hybridized carbons (Fsp3) is 0.552. The average Bonchev–Trinajstić information content (AvgIpc) is 2.96. The summed E-state index contributed by atoms with van der Waals surface area (Å²) in [6.45, 7) is 0.945. The number of hydrogen-bond acceptors (Lipinski definition) is 3. The number of hydrogen-bond donors (Lipinski definition) is 0. The van der Waals surface area contributed by atoms with Crippen LogP contribution in [-0.2, 0) is 4.74 Å². The lowest BCUT2D eigenvalue weighted by Crippen LogP contribution is -2.68. The summed E-state index contributed by atoms with van der Waals surface area (Å²) in [5.41, 5.74) is 0.976. The summed E-state index contributed by atoms with van der Waals surface area (Å²) < 4.78 is 169. The molecule has 0 bridgehead atoms. The molecule has 0 atom stereocenters. The first-order valence-corrected chi connectivity index (χ1v) is 13.5. The van der Waals surface area contributed by atoms with Gasteiger partial charge in [0.25, 0.3) is 0 Å². The SMILES string of the molecule is CCCCCCCCOc1ccc(-c2ccc(C(=O)OCCC(F)(F)C(F)(F)C(F)(F)C(F)(F)C(F)(F)C(F)F)cc2)cc1. The second-order valence-corrected chi connectivity index (χ2v) is 9.96. The lowest BCUT2D eigenvalue weighted by Gasteiger charge is -2.39. The molecule has 15 heteroatoms. The smallest absolute Gasteiger partial charge is 0.384 e. The monoisotopic (exact) mass is 654 g/mol. The Balaban J connectivity index is 1.95. The van der Waals surface area contributed by atoms with E-state index in [9.17, 15) is 57.5 Å². The third kappa shape index (κ3) is 8.12. The summed E-state index contributed by atoms with van der Waals surface area (Å²) >= 11 is 0. The van der Waals surface area contributed by atoms with Crippen LogP contribution < -0.4 is 4.74 Å². The van der Waals surface area contributed by atoms with Gasteiger partial charge >= 0.3 is 42.0 Å². The van der Waals surface area contributed by atoms with Crippen LogP contribution in [0.15, 0.2) is 48.5 Å². The molecule has 0 N–H and O–H groups in total. The Morgan fingerprint density at radius 3 is 1.68 bits per heavy atom. The lowest BCUT2D eigenvalue weighted by molar-refractivity contribution is -0.413. The maximum atomic E-state index is 13.9. The molecule has 2 rings (SSSR count). The number of carbonyl (C=O) groups is 1. The molecule has 2 aromatic rings. The van der Waals surface area contributed by atoms with Crippen LogP contribution in [0.3, 0.4) is 0 Å². The third-order valence-electron chi connectivity index (χ3n) is 6.66. The molecule has 3 nitrogen and oxygen atoms in total. The first kappa shape index (κ1) is 37.1. The van der Waals surface area contributed by atoms with Gasteiger partial charge in [-0.15, -0.1) is 0 Å². The van der Waals surface area contributed by atoms with Crippen LogP contribution in [0.25, 0.3) is 11.1 Å². The van der Waals surface area contributed by atoms with Crippen molar-refractivity contribution < 1.29 is 67.0 Å². The van der Waals surface area contributed by atoms with E-state index in [0.717, 1.165) is 37.8 Å². The summed E-state index contributed by atoms with van der Waals surface area (Å²) in [5.74, 6) is -36.5. The maximum absolute atomic E-state index is 13.9. The minimum Gasteiger partial charge on any atom is -0.494 e.